The van der Waals surface area contributed by atoms with Gasteiger partial charge >= 0.3 is 0 Å². The van der Waals surface area contributed by atoms with Crippen molar-refractivity contribution in [3.63, 3.8) is 0 Å². The van der Waals surface area contributed by atoms with Crippen LogP contribution in [0.3, 0.4) is 0 Å². The van der Waals surface area contributed by atoms with Crippen molar-refractivity contribution >= 4 is 60.9 Å². The maximum atomic E-state index is 6.36. The Morgan fingerprint density at radius 2 is 1.08 bits per heavy atom. The monoisotopic (exact) mass is 770 g/mol. The molecule has 284 valence electrons. The molecule has 0 unspecified atom stereocenters. The van der Waals surface area contributed by atoms with Gasteiger partial charge in [0, 0.05) is 44.9 Å². The maximum Gasteiger partial charge on any atom is 0.227 e. The van der Waals surface area contributed by atoms with Crippen molar-refractivity contribution in [1.82, 2.24) is 4.98 Å². The molecule has 0 saturated carbocycles. The van der Waals surface area contributed by atoms with Crippen LogP contribution in [0.2, 0.25) is 0 Å². The molecule has 0 bridgehead atoms. The highest BCUT2D eigenvalue weighted by atomic mass is 16.4. The molecule has 2 heterocycles. The molecule has 1 aliphatic rings. The summed E-state index contributed by atoms with van der Waals surface area (Å²) < 4.78 is 12.6. The Balaban J connectivity index is 0.961. The predicted octanol–water partition coefficient (Wildman–Crippen LogP) is 15.7. The highest BCUT2D eigenvalue weighted by Crippen LogP contribution is 2.51. The van der Waals surface area contributed by atoms with Gasteiger partial charge in [-0.15, -0.1) is 0 Å². The van der Waals surface area contributed by atoms with Crippen LogP contribution in [0.1, 0.15) is 25.0 Å². The molecule has 0 saturated heterocycles. The van der Waals surface area contributed by atoms with Gasteiger partial charge in [0.25, 0.3) is 0 Å². The Kier molecular flexibility index (Phi) is 7.54. The third kappa shape index (κ3) is 5.41. The number of hydrogen-bond donors (Lipinski definition) is 0. The number of nitrogens with zero attached hydrogens (tertiary/aromatic N) is 2. The minimum atomic E-state index is -0.0708. The van der Waals surface area contributed by atoms with Gasteiger partial charge in [0.1, 0.15) is 16.7 Å². The summed E-state index contributed by atoms with van der Waals surface area (Å²) in [5, 5.41) is 4.52. The van der Waals surface area contributed by atoms with E-state index in [-0.39, 0.29) is 5.41 Å². The van der Waals surface area contributed by atoms with E-state index in [0.29, 0.717) is 5.89 Å². The van der Waals surface area contributed by atoms with E-state index in [1.54, 1.807) is 0 Å². The van der Waals surface area contributed by atoms with Gasteiger partial charge in [-0.2, -0.15) is 0 Å². The third-order valence-corrected chi connectivity index (χ3v) is 12.5. The zero-order valence-electron chi connectivity index (χ0n) is 33.2. The molecule has 12 rings (SSSR count). The van der Waals surface area contributed by atoms with Crippen molar-refractivity contribution in [3.05, 3.63) is 205 Å². The van der Waals surface area contributed by atoms with E-state index in [2.05, 4.69) is 176 Å². The zero-order valence-corrected chi connectivity index (χ0v) is 33.2. The highest BCUT2D eigenvalue weighted by molar-refractivity contribution is 6.10. The van der Waals surface area contributed by atoms with E-state index in [0.717, 1.165) is 66.8 Å². The summed E-state index contributed by atoms with van der Waals surface area (Å²) in [6.45, 7) is 4.67. The number of aromatic nitrogens is 1. The summed E-state index contributed by atoms with van der Waals surface area (Å²) in [5.41, 5.74) is 17.3. The van der Waals surface area contributed by atoms with Gasteiger partial charge in [0.2, 0.25) is 5.89 Å². The summed E-state index contributed by atoms with van der Waals surface area (Å²) in [4.78, 5) is 7.16. The lowest BCUT2D eigenvalue weighted by molar-refractivity contribution is 0.620. The first kappa shape index (κ1) is 34.4. The zero-order chi connectivity index (χ0) is 40.0. The standard InChI is InChI=1S/C56H38N2O2/c1-56(2)49-21-9-8-19-45(49)46-32-42(27-28-50(46)56)58(41-17-10-16-39(30-41)44-20-11-15-36-12-6-7-18-43(36)44)40-25-22-35(23-26-40)38-24-29-52-47(31-38)48-33-54-51(34-53(48)59-52)57-55(60-54)37-13-4-3-5-14-37/h3-34H,1-2H3. The van der Waals surface area contributed by atoms with Gasteiger partial charge in [-0.25, -0.2) is 4.98 Å². The van der Waals surface area contributed by atoms with E-state index < -0.39 is 0 Å². The lowest BCUT2D eigenvalue weighted by atomic mass is 9.82. The van der Waals surface area contributed by atoms with Crippen LogP contribution in [0.15, 0.2) is 203 Å². The molecule has 4 nitrogen and oxygen atoms in total. The van der Waals surface area contributed by atoms with Gasteiger partial charge in [-0.05, 0) is 122 Å². The minimum Gasteiger partial charge on any atom is -0.456 e. The fourth-order valence-corrected chi connectivity index (χ4v) is 9.47. The van der Waals surface area contributed by atoms with Crippen LogP contribution in [-0.4, -0.2) is 4.98 Å². The Hall–Kier alpha value is -7.69. The van der Waals surface area contributed by atoms with Crippen LogP contribution in [0.5, 0.6) is 0 Å². The molecule has 0 N–H and O–H groups in total. The number of hydrogen-bond acceptors (Lipinski definition) is 4. The van der Waals surface area contributed by atoms with Gasteiger partial charge in [-0.1, -0.05) is 135 Å². The van der Waals surface area contributed by atoms with Crippen LogP contribution in [0.25, 0.3) is 88.6 Å². The van der Waals surface area contributed by atoms with E-state index in [4.69, 9.17) is 13.8 Å². The van der Waals surface area contributed by atoms with Gasteiger partial charge < -0.3 is 13.7 Å². The molecule has 9 aromatic carbocycles. The molecule has 0 atom stereocenters. The second kappa shape index (κ2) is 13.2. The summed E-state index contributed by atoms with van der Waals surface area (Å²) in [6, 6.07) is 69.4. The number of furan rings is 1. The van der Waals surface area contributed by atoms with Crippen LogP contribution < -0.4 is 4.90 Å². The largest absolute Gasteiger partial charge is 0.456 e. The lowest BCUT2D eigenvalue weighted by Crippen LogP contribution is -2.15. The molecule has 0 radical (unpaired) electrons. The number of anilines is 3. The Bertz CT molecular complexity index is 3460. The van der Waals surface area contributed by atoms with Crippen molar-refractivity contribution in [2.24, 2.45) is 0 Å². The van der Waals surface area contributed by atoms with Crippen molar-refractivity contribution in [2.75, 3.05) is 4.90 Å². The maximum absolute atomic E-state index is 6.36. The van der Waals surface area contributed by atoms with Crippen LogP contribution in [0, 0.1) is 0 Å². The molecule has 1 aliphatic carbocycles. The minimum absolute atomic E-state index is 0.0708. The van der Waals surface area contributed by atoms with Crippen molar-refractivity contribution in [2.45, 2.75) is 19.3 Å². The number of fused-ring (bicyclic) bond motifs is 8. The normalized spacial score (nSPS) is 13.0. The lowest BCUT2D eigenvalue weighted by Gasteiger charge is -2.28. The van der Waals surface area contributed by atoms with E-state index in [1.807, 2.05) is 36.4 Å². The van der Waals surface area contributed by atoms with Crippen LogP contribution in [-0.2, 0) is 5.41 Å². The second-order valence-corrected chi connectivity index (χ2v) is 16.4. The van der Waals surface area contributed by atoms with Crippen LogP contribution in [0.4, 0.5) is 17.1 Å². The quantitative estimate of drug-likeness (QED) is 0.169. The fourth-order valence-electron chi connectivity index (χ4n) is 9.47. The molecule has 2 aromatic heterocycles. The average molecular weight is 771 g/mol. The van der Waals surface area contributed by atoms with Crippen molar-refractivity contribution in [1.29, 1.82) is 0 Å². The van der Waals surface area contributed by atoms with E-state index >= 15 is 0 Å². The molecule has 60 heavy (non-hydrogen) atoms. The van der Waals surface area contributed by atoms with E-state index in [9.17, 15) is 0 Å². The Morgan fingerprint density at radius 3 is 1.98 bits per heavy atom. The molecule has 0 spiro atoms. The van der Waals surface area contributed by atoms with Gasteiger partial charge in [-0.3, -0.25) is 0 Å². The number of oxazole rings is 1. The summed E-state index contributed by atoms with van der Waals surface area (Å²) >= 11 is 0. The molecular weight excluding hydrogens is 733 g/mol. The third-order valence-electron chi connectivity index (χ3n) is 12.5. The first-order chi connectivity index (χ1) is 29.5. The van der Waals surface area contributed by atoms with Crippen molar-refractivity contribution in [3.8, 4) is 44.8 Å². The first-order valence-corrected chi connectivity index (χ1v) is 20.5. The summed E-state index contributed by atoms with van der Waals surface area (Å²) in [6.07, 6.45) is 0. The fraction of sp³-hybridized carbons (Fsp3) is 0.0536. The predicted molar refractivity (Wildman–Crippen MR) is 247 cm³/mol. The molecule has 11 aromatic rings. The summed E-state index contributed by atoms with van der Waals surface area (Å²) in [7, 11) is 0. The number of rotatable bonds is 6. The van der Waals surface area contributed by atoms with E-state index in [1.165, 1.54) is 44.2 Å². The highest BCUT2D eigenvalue weighted by Gasteiger charge is 2.35. The Morgan fingerprint density at radius 1 is 0.400 bits per heavy atom. The molecule has 0 fully saturated rings. The SMILES string of the molecule is CC1(C)c2ccccc2-c2cc(N(c3ccc(-c4ccc5oc6cc7nc(-c8ccccc8)oc7cc6c5c4)cc3)c3cccc(-c4cccc5ccccc45)c3)ccc21. The van der Waals surface area contributed by atoms with Gasteiger partial charge in [0.15, 0.2) is 5.58 Å². The van der Waals surface area contributed by atoms with Crippen LogP contribution >= 0.6 is 0 Å². The number of benzene rings is 9. The topological polar surface area (TPSA) is 42.4 Å². The Labute approximate surface area is 347 Å². The molecule has 4 heteroatoms. The smallest absolute Gasteiger partial charge is 0.227 e. The first-order valence-electron chi connectivity index (χ1n) is 20.5. The van der Waals surface area contributed by atoms with Gasteiger partial charge in [0.05, 0.1) is 0 Å². The summed E-state index contributed by atoms with van der Waals surface area (Å²) in [5.74, 6) is 0.603. The average Bonchev–Trinajstić information content (AvgIpc) is 3.95. The second-order valence-electron chi connectivity index (χ2n) is 16.4. The molecule has 0 amide bonds. The molecular formula is C56H38N2O2. The molecule has 0 aliphatic heterocycles. The van der Waals surface area contributed by atoms with Crippen molar-refractivity contribution < 1.29 is 8.83 Å².